The van der Waals surface area contributed by atoms with E-state index in [1.54, 1.807) is 0 Å². The van der Waals surface area contributed by atoms with Gasteiger partial charge < -0.3 is 14.6 Å². The molecule has 1 aromatic rings. The van der Waals surface area contributed by atoms with Crippen molar-refractivity contribution in [3.8, 4) is 0 Å². The number of rotatable bonds is 5. The van der Waals surface area contributed by atoms with Crippen molar-refractivity contribution in [3.05, 3.63) is 35.9 Å². The Kier molecular flexibility index (Phi) is 4.46. The number of aliphatic hydroxyl groups is 1. The minimum Gasteiger partial charge on any atom is -0.392 e. The van der Waals surface area contributed by atoms with E-state index in [1.807, 2.05) is 18.2 Å². The average molecular weight is 330 g/mol. The van der Waals surface area contributed by atoms with Gasteiger partial charge in [-0.3, -0.25) is 4.79 Å². The first-order valence-corrected chi connectivity index (χ1v) is 9.19. The summed E-state index contributed by atoms with van der Waals surface area (Å²) in [5.74, 6) is 0.125. The molecule has 4 nitrogen and oxygen atoms in total. The topological polar surface area (TPSA) is 55.8 Å². The number of ether oxygens (including phenoxy) is 2. The van der Waals surface area contributed by atoms with Crippen LogP contribution in [0.5, 0.6) is 0 Å². The third kappa shape index (κ3) is 3.03. The largest absolute Gasteiger partial charge is 0.392 e. The first-order valence-electron chi connectivity index (χ1n) is 9.19. The number of ketones is 1. The number of aryl methyl sites for hydroxylation is 1. The monoisotopic (exact) mass is 330 g/mol. The minimum absolute atomic E-state index is 0.223. The molecule has 1 heterocycles. The summed E-state index contributed by atoms with van der Waals surface area (Å²) in [4.78, 5) is 12.8. The molecule has 1 spiro atoms. The Morgan fingerprint density at radius 2 is 1.92 bits per heavy atom. The van der Waals surface area contributed by atoms with Crippen molar-refractivity contribution in [2.24, 2.45) is 17.8 Å². The first kappa shape index (κ1) is 16.2. The van der Waals surface area contributed by atoms with Crippen LogP contribution in [0, 0.1) is 17.8 Å². The molecule has 0 radical (unpaired) electrons. The molecule has 2 aliphatic carbocycles. The molecular weight excluding hydrogens is 304 g/mol. The van der Waals surface area contributed by atoms with Crippen LogP contribution >= 0.6 is 0 Å². The van der Waals surface area contributed by atoms with Crippen molar-refractivity contribution < 1.29 is 19.4 Å². The number of benzene rings is 1. The molecule has 4 heteroatoms. The van der Waals surface area contributed by atoms with Gasteiger partial charge in [0.25, 0.3) is 0 Å². The van der Waals surface area contributed by atoms with Gasteiger partial charge in [0.2, 0.25) is 0 Å². The second kappa shape index (κ2) is 6.58. The van der Waals surface area contributed by atoms with Gasteiger partial charge in [0.15, 0.2) is 5.79 Å². The van der Waals surface area contributed by atoms with E-state index in [4.69, 9.17) is 9.47 Å². The number of Topliss-reactive ketones (excluding diaryl/α,β-unsaturated/α-hetero) is 1. The number of fused-ring (bicyclic) bond motifs is 1. The van der Waals surface area contributed by atoms with Gasteiger partial charge in [0.05, 0.1) is 19.3 Å². The van der Waals surface area contributed by atoms with Gasteiger partial charge >= 0.3 is 0 Å². The van der Waals surface area contributed by atoms with E-state index in [2.05, 4.69) is 12.1 Å². The van der Waals surface area contributed by atoms with Crippen molar-refractivity contribution in [2.75, 3.05) is 13.2 Å². The molecule has 1 saturated heterocycles. The zero-order valence-electron chi connectivity index (χ0n) is 14.0. The number of carbonyl (C=O) groups is 1. The molecule has 0 aromatic heterocycles. The van der Waals surface area contributed by atoms with Crippen LogP contribution in [-0.2, 0) is 20.7 Å². The van der Waals surface area contributed by atoms with Gasteiger partial charge in [-0.2, -0.15) is 0 Å². The van der Waals surface area contributed by atoms with Crippen LogP contribution < -0.4 is 0 Å². The minimum atomic E-state index is -0.483. The average Bonchev–Trinajstić information content (AvgIpc) is 3.23. The summed E-state index contributed by atoms with van der Waals surface area (Å²) in [5, 5.41) is 10.4. The van der Waals surface area contributed by atoms with Crippen molar-refractivity contribution >= 4 is 5.78 Å². The standard InChI is InChI=1S/C20H26O4/c21-17(8-4-7-14-5-2-1-3-6-14)19-16-13-20(23-9-10-24-20)12-15(16)11-18(19)22/h1-3,5-6,15-16,18-19,22H,4,7-13H2/t15-,16+,18-,19+/m1/s1. The fraction of sp³-hybridized carbons (Fsp3) is 0.650. The molecule has 2 saturated carbocycles. The molecular formula is C20H26O4. The van der Waals surface area contributed by atoms with Crippen LogP contribution in [0.3, 0.4) is 0 Å². The van der Waals surface area contributed by atoms with E-state index >= 15 is 0 Å². The highest BCUT2D eigenvalue weighted by Crippen LogP contribution is 2.54. The molecule has 130 valence electrons. The third-order valence-corrected chi connectivity index (χ3v) is 6.06. The predicted octanol–water partition coefficient (Wildman–Crippen LogP) is 2.73. The quantitative estimate of drug-likeness (QED) is 0.902. The maximum atomic E-state index is 12.8. The van der Waals surface area contributed by atoms with E-state index in [1.165, 1.54) is 5.56 Å². The molecule has 3 fully saturated rings. The van der Waals surface area contributed by atoms with Gasteiger partial charge in [0.1, 0.15) is 5.78 Å². The van der Waals surface area contributed by atoms with Crippen molar-refractivity contribution in [3.63, 3.8) is 0 Å². The lowest BCUT2D eigenvalue weighted by molar-refractivity contribution is -0.159. The number of aliphatic hydroxyl groups excluding tert-OH is 1. The van der Waals surface area contributed by atoms with Crippen molar-refractivity contribution in [1.82, 2.24) is 0 Å². The molecule has 1 aliphatic heterocycles. The van der Waals surface area contributed by atoms with Gasteiger partial charge in [-0.15, -0.1) is 0 Å². The predicted molar refractivity (Wildman–Crippen MR) is 89.3 cm³/mol. The Morgan fingerprint density at radius 1 is 1.17 bits per heavy atom. The summed E-state index contributed by atoms with van der Waals surface area (Å²) in [6.45, 7) is 1.30. The van der Waals surface area contributed by atoms with E-state index in [9.17, 15) is 9.90 Å². The van der Waals surface area contributed by atoms with Crippen LogP contribution in [0.1, 0.15) is 37.7 Å². The highest BCUT2D eigenvalue weighted by molar-refractivity contribution is 5.82. The van der Waals surface area contributed by atoms with E-state index in [0.717, 1.165) is 25.7 Å². The summed E-state index contributed by atoms with van der Waals surface area (Å²) in [5.41, 5.74) is 1.27. The smallest absolute Gasteiger partial charge is 0.169 e. The van der Waals surface area contributed by atoms with Crippen LogP contribution in [-0.4, -0.2) is 36.0 Å². The van der Waals surface area contributed by atoms with Gasteiger partial charge in [-0.1, -0.05) is 30.3 Å². The number of hydrogen-bond donors (Lipinski definition) is 1. The summed E-state index contributed by atoms with van der Waals surface area (Å²) in [6.07, 6.45) is 4.15. The number of hydrogen-bond acceptors (Lipinski definition) is 4. The van der Waals surface area contributed by atoms with Crippen LogP contribution in [0.25, 0.3) is 0 Å². The lowest BCUT2D eigenvalue weighted by Crippen LogP contribution is -2.33. The summed E-state index contributed by atoms with van der Waals surface area (Å²) < 4.78 is 11.6. The third-order valence-electron chi connectivity index (χ3n) is 6.06. The maximum absolute atomic E-state index is 12.8. The van der Waals surface area contributed by atoms with E-state index in [-0.39, 0.29) is 17.6 Å². The van der Waals surface area contributed by atoms with E-state index in [0.29, 0.717) is 32.0 Å². The molecule has 24 heavy (non-hydrogen) atoms. The molecule has 4 atom stereocenters. The van der Waals surface area contributed by atoms with Crippen LogP contribution in [0.15, 0.2) is 30.3 Å². The summed E-state index contributed by atoms with van der Waals surface area (Å²) in [7, 11) is 0. The first-order chi connectivity index (χ1) is 11.7. The van der Waals surface area contributed by atoms with Gasteiger partial charge in [0, 0.05) is 25.2 Å². The zero-order chi connectivity index (χ0) is 16.6. The SMILES string of the molecule is O=C(CCCc1ccccc1)[C@@H]1[C@H]2CC3(C[C@H]2C[C@H]1O)OCCO3. The van der Waals surface area contributed by atoms with Crippen LogP contribution in [0.2, 0.25) is 0 Å². The highest BCUT2D eigenvalue weighted by atomic mass is 16.7. The molecule has 1 aromatic carbocycles. The number of carbonyl (C=O) groups excluding carboxylic acids is 1. The summed E-state index contributed by atoms with van der Waals surface area (Å²) in [6, 6.07) is 10.3. The second-order valence-electron chi connectivity index (χ2n) is 7.57. The fourth-order valence-corrected chi connectivity index (χ4v) is 5.04. The Morgan fingerprint density at radius 3 is 2.67 bits per heavy atom. The second-order valence-corrected chi connectivity index (χ2v) is 7.57. The van der Waals surface area contributed by atoms with Crippen molar-refractivity contribution in [2.45, 2.75) is 50.4 Å². The summed E-state index contributed by atoms with van der Waals surface area (Å²) >= 11 is 0. The Labute approximate surface area is 143 Å². The highest BCUT2D eigenvalue weighted by Gasteiger charge is 2.57. The molecule has 0 unspecified atom stereocenters. The van der Waals surface area contributed by atoms with Gasteiger partial charge in [-0.25, -0.2) is 0 Å². The molecule has 0 bridgehead atoms. The lowest BCUT2D eigenvalue weighted by atomic mass is 9.85. The molecule has 3 aliphatic rings. The van der Waals surface area contributed by atoms with Gasteiger partial charge in [-0.05, 0) is 36.7 Å². The lowest BCUT2D eigenvalue weighted by Gasteiger charge is -2.25. The Hall–Kier alpha value is -1.23. The van der Waals surface area contributed by atoms with Crippen molar-refractivity contribution in [1.29, 1.82) is 0 Å². The maximum Gasteiger partial charge on any atom is 0.169 e. The Balaban J connectivity index is 1.35. The van der Waals surface area contributed by atoms with Crippen LogP contribution in [0.4, 0.5) is 0 Å². The Bertz CT molecular complexity index is 579. The molecule has 4 rings (SSSR count). The zero-order valence-corrected chi connectivity index (χ0v) is 14.0. The van der Waals surface area contributed by atoms with E-state index < -0.39 is 11.9 Å². The molecule has 0 amide bonds. The fourth-order valence-electron chi connectivity index (χ4n) is 5.04. The molecule has 1 N–H and O–H groups in total. The normalized spacial score (nSPS) is 33.9.